The highest BCUT2D eigenvalue weighted by Crippen LogP contribution is 1.95. The monoisotopic (exact) mass is 226 g/mol. The van der Waals surface area contributed by atoms with Crippen LogP contribution in [0.5, 0.6) is 0 Å². The van der Waals surface area contributed by atoms with Gasteiger partial charge in [0.25, 0.3) is 0 Å². The first-order chi connectivity index (χ1) is 7.74. The summed E-state index contributed by atoms with van der Waals surface area (Å²) in [6.45, 7) is 9.38. The number of rotatable bonds is 8. The molecule has 0 radical (unpaired) electrons. The molecule has 1 rings (SSSR count). The molecular formula is C11H22N4O. The summed E-state index contributed by atoms with van der Waals surface area (Å²) in [4.78, 5) is 4.22. The minimum absolute atomic E-state index is 0.460. The van der Waals surface area contributed by atoms with Crippen LogP contribution in [0.15, 0.2) is 6.33 Å². The molecule has 0 amide bonds. The van der Waals surface area contributed by atoms with Gasteiger partial charge in [0, 0.05) is 12.6 Å². The standard InChI is InChI=1S/C11H22N4O/c1-4-6-16-7-5-15-11(13-9-14-15)8-12-10(2)3/h9-10,12H,4-8H2,1-3H3. The van der Waals surface area contributed by atoms with Gasteiger partial charge in [-0.15, -0.1) is 0 Å². The lowest BCUT2D eigenvalue weighted by molar-refractivity contribution is 0.123. The summed E-state index contributed by atoms with van der Waals surface area (Å²) in [5.74, 6) is 0.966. The van der Waals surface area contributed by atoms with E-state index in [0.717, 1.165) is 31.9 Å². The van der Waals surface area contributed by atoms with Crippen molar-refractivity contribution in [3.63, 3.8) is 0 Å². The van der Waals surface area contributed by atoms with Gasteiger partial charge in [0.1, 0.15) is 12.2 Å². The van der Waals surface area contributed by atoms with Crippen molar-refractivity contribution in [2.24, 2.45) is 0 Å². The molecule has 0 aliphatic rings. The number of aromatic nitrogens is 3. The van der Waals surface area contributed by atoms with E-state index >= 15 is 0 Å². The van der Waals surface area contributed by atoms with Crippen LogP contribution in [0.1, 0.15) is 33.0 Å². The van der Waals surface area contributed by atoms with E-state index in [4.69, 9.17) is 4.74 Å². The average Bonchev–Trinajstić information content (AvgIpc) is 2.69. The van der Waals surface area contributed by atoms with E-state index in [0.29, 0.717) is 12.6 Å². The quantitative estimate of drug-likeness (QED) is 0.677. The minimum atomic E-state index is 0.460. The Labute approximate surface area is 97.2 Å². The van der Waals surface area contributed by atoms with Crippen LogP contribution in [0.25, 0.3) is 0 Å². The van der Waals surface area contributed by atoms with Gasteiger partial charge in [-0.1, -0.05) is 20.8 Å². The number of nitrogens with one attached hydrogen (secondary N) is 1. The molecule has 0 aromatic carbocycles. The molecule has 0 saturated heterocycles. The van der Waals surface area contributed by atoms with Crippen LogP contribution in [-0.4, -0.2) is 34.0 Å². The normalized spacial score (nSPS) is 11.2. The molecule has 1 heterocycles. The summed E-state index contributed by atoms with van der Waals surface area (Å²) >= 11 is 0. The van der Waals surface area contributed by atoms with E-state index in [-0.39, 0.29) is 0 Å². The predicted octanol–water partition coefficient (Wildman–Crippen LogP) is 1.20. The zero-order chi connectivity index (χ0) is 11.8. The van der Waals surface area contributed by atoms with E-state index in [2.05, 4.69) is 36.2 Å². The highest BCUT2D eigenvalue weighted by Gasteiger charge is 2.04. The fourth-order valence-electron chi connectivity index (χ4n) is 1.30. The van der Waals surface area contributed by atoms with Crippen LogP contribution in [0, 0.1) is 0 Å². The maximum atomic E-state index is 5.43. The van der Waals surface area contributed by atoms with Gasteiger partial charge in [0.15, 0.2) is 0 Å². The molecule has 1 N–H and O–H groups in total. The summed E-state index contributed by atoms with van der Waals surface area (Å²) in [6, 6.07) is 0.460. The Hall–Kier alpha value is -0.940. The molecule has 1 aromatic heterocycles. The molecule has 16 heavy (non-hydrogen) atoms. The van der Waals surface area contributed by atoms with E-state index < -0.39 is 0 Å². The molecule has 0 aliphatic heterocycles. The van der Waals surface area contributed by atoms with E-state index in [1.807, 2.05) is 4.68 Å². The molecule has 1 aromatic rings. The lowest BCUT2D eigenvalue weighted by Crippen LogP contribution is -2.24. The van der Waals surface area contributed by atoms with Crippen LogP contribution >= 0.6 is 0 Å². The smallest absolute Gasteiger partial charge is 0.140 e. The average molecular weight is 226 g/mol. The first-order valence-corrected chi connectivity index (χ1v) is 5.91. The van der Waals surface area contributed by atoms with Gasteiger partial charge in [0.2, 0.25) is 0 Å². The molecule has 5 heteroatoms. The summed E-state index contributed by atoms with van der Waals surface area (Å²) < 4.78 is 7.32. The van der Waals surface area contributed by atoms with Crippen molar-refractivity contribution in [2.45, 2.75) is 46.3 Å². The first-order valence-electron chi connectivity index (χ1n) is 5.91. The molecule has 0 saturated carbocycles. The topological polar surface area (TPSA) is 52.0 Å². The molecular weight excluding hydrogens is 204 g/mol. The Balaban J connectivity index is 2.32. The fourth-order valence-corrected chi connectivity index (χ4v) is 1.30. The van der Waals surface area contributed by atoms with Gasteiger partial charge < -0.3 is 10.1 Å². The van der Waals surface area contributed by atoms with Gasteiger partial charge in [-0.3, -0.25) is 0 Å². The highest BCUT2D eigenvalue weighted by atomic mass is 16.5. The van der Waals surface area contributed by atoms with Gasteiger partial charge in [0.05, 0.1) is 19.7 Å². The number of hydrogen-bond donors (Lipinski definition) is 1. The van der Waals surface area contributed by atoms with Crippen LogP contribution in [0.3, 0.4) is 0 Å². The SMILES string of the molecule is CCCOCCn1ncnc1CNC(C)C. The van der Waals surface area contributed by atoms with Crippen LogP contribution < -0.4 is 5.32 Å². The Morgan fingerprint density at radius 3 is 2.94 bits per heavy atom. The van der Waals surface area contributed by atoms with E-state index in [9.17, 15) is 0 Å². The summed E-state index contributed by atoms with van der Waals surface area (Å²) in [6.07, 6.45) is 2.65. The van der Waals surface area contributed by atoms with Crippen LogP contribution in [0.2, 0.25) is 0 Å². The molecule has 0 unspecified atom stereocenters. The van der Waals surface area contributed by atoms with Crippen molar-refractivity contribution in [1.29, 1.82) is 0 Å². The third-order valence-electron chi connectivity index (χ3n) is 2.16. The fraction of sp³-hybridized carbons (Fsp3) is 0.818. The zero-order valence-electron chi connectivity index (χ0n) is 10.4. The second-order valence-corrected chi connectivity index (χ2v) is 4.05. The Morgan fingerprint density at radius 2 is 2.25 bits per heavy atom. The maximum absolute atomic E-state index is 5.43. The van der Waals surface area contributed by atoms with E-state index in [1.165, 1.54) is 0 Å². The van der Waals surface area contributed by atoms with Crippen molar-refractivity contribution < 1.29 is 4.74 Å². The summed E-state index contributed by atoms with van der Waals surface area (Å²) in [5.41, 5.74) is 0. The Morgan fingerprint density at radius 1 is 1.44 bits per heavy atom. The number of nitrogens with zero attached hydrogens (tertiary/aromatic N) is 3. The third kappa shape index (κ3) is 4.72. The molecule has 0 aliphatic carbocycles. The van der Waals surface area contributed by atoms with Crippen molar-refractivity contribution in [2.75, 3.05) is 13.2 Å². The Bertz CT molecular complexity index is 285. The zero-order valence-corrected chi connectivity index (χ0v) is 10.4. The molecule has 0 atom stereocenters. The third-order valence-corrected chi connectivity index (χ3v) is 2.16. The highest BCUT2D eigenvalue weighted by molar-refractivity contribution is 4.84. The lowest BCUT2D eigenvalue weighted by Gasteiger charge is -2.09. The summed E-state index contributed by atoms with van der Waals surface area (Å²) in [5, 5.41) is 7.50. The first kappa shape index (κ1) is 13.1. The van der Waals surface area contributed by atoms with Crippen LogP contribution in [-0.2, 0) is 17.8 Å². The van der Waals surface area contributed by atoms with Gasteiger partial charge in [-0.2, -0.15) is 5.10 Å². The van der Waals surface area contributed by atoms with Gasteiger partial charge in [-0.05, 0) is 6.42 Å². The minimum Gasteiger partial charge on any atom is -0.380 e. The molecule has 92 valence electrons. The Kier molecular flexibility index (Phi) is 6.03. The van der Waals surface area contributed by atoms with Crippen molar-refractivity contribution >= 4 is 0 Å². The number of ether oxygens (including phenoxy) is 1. The molecule has 0 spiro atoms. The second-order valence-electron chi connectivity index (χ2n) is 4.05. The lowest BCUT2D eigenvalue weighted by atomic mass is 10.4. The number of hydrogen-bond acceptors (Lipinski definition) is 4. The largest absolute Gasteiger partial charge is 0.380 e. The predicted molar refractivity (Wildman–Crippen MR) is 63.1 cm³/mol. The van der Waals surface area contributed by atoms with Crippen molar-refractivity contribution in [3.8, 4) is 0 Å². The van der Waals surface area contributed by atoms with Gasteiger partial charge in [-0.25, -0.2) is 9.67 Å². The van der Waals surface area contributed by atoms with Crippen molar-refractivity contribution in [1.82, 2.24) is 20.1 Å². The molecule has 0 fully saturated rings. The van der Waals surface area contributed by atoms with Crippen LogP contribution in [0.4, 0.5) is 0 Å². The van der Waals surface area contributed by atoms with E-state index in [1.54, 1.807) is 6.33 Å². The molecule has 0 bridgehead atoms. The van der Waals surface area contributed by atoms with Gasteiger partial charge >= 0.3 is 0 Å². The second kappa shape index (κ2) is 7.35. The van der Waals surface area contributed by atoms with Crippen molar-refractivity contribution in [3.05, 3.63) is 12.2 Å². The summed E-state index contributed by atoms with van der Waals surface area (Å²) in [7, 11) is 0. The maximum Gasteiger partial charge on any atom is 0.140 e. The molecule has 5 nitrogen and oxygen atoms in total.